The Morgan fingerprint density at radius 1 is 1.07 bits per heavy atom. The van der Waals surface area contributed by atoms with E-state index in [0.29, 0.717) is 5.56 Å². The van der Waals surface area contributed by atoms with E-state index in [0.717, 1.165) is 14.3 Å². The zero-order valence-corrected chi connectivity index (χ0v) is 9.36. The summed E-state index contributed by atoms with van der Waals surface area (Å²) < 4.78 is 1.11. The highest BCUT2D eigenvalue weighted by Gasteiger charge is 2.03. The number of aromatic carboxylic acids is 1. The molecule has 0 bridgehead atoms. The van der Waals surface area contributed by atoms with Crippen LogP contribution in [0.3, 0.4) is 0 Å². The molecular formula is C11H7IO2. The fourth-order valence-electron chi connectivity index (χ4n) is 1.35. The third kappa shape index (κ3) is 1.72. The average Bonchev–Trinajstić information content (AvgIpc) is 2.16. The molecule has 0 aliphatic carbocycles. The van der Waals surface area contributed by atoms with E-state index < -0.39 is 5.97 Å². The van der Waals surface area contributed by atoms with Crippen molar-refractivity contribution in [2.45, 2.75) is 0 Å². The van der Waals surface area contributed by atoms with E-state index in [9.17, 15) is 4.79 Å². The molecule has 0 heterocycles. The second kappa shape index (κ2) is 3.57. The van der Waals surface area contributed by atoms with Gasteiger partial charge in [-0.1, -0.05) is 12.1 Å². The third-order valence-corrected chi connectivity index (χ3v) is 2.72. The Balaban J connectivity index is 2.69. The van der Waals surface area contributed by atoms with Gasteiger partial charge in [-0.3, -0.25) is 0 Å². The molecular weight excluding hydrogens is 291 g/mol. The minimum absolute atomic E-state index is 0.333. The number of fused-ring (bicyclic) bond motifs is 1. The summed E-state index contributed by atoms with van der Waals surface area (Å²) in [5.41, 5.74) is 0.333. The normalized spacial score (nSPS) is 10.4. The summed E-state index contributed by atoms with van der Waals surface area (Å²) in [6.07, 6.45) is 0. The van der Waals surface area contributed by atoms with Gasteiger partial charge in [0.05, 0.1) is 5.56 Å². The minimum Gasteiger partial charge on any atom is -0.478 e. The fraction of sp³-hybridized carbons (Fsp3) is 0. The highest BCUT2D eigenvalue weighted by atomic mass is 127. The first-order chi connectivity index (χ1) is 6.66. The Hall–Kier alpha value is -1.10. The highest BCUT2D eigenvalue weighted by molar-refractivity contribution is 14.1. The highest BCUT2D eigenvalue weighted by Crippen LogP contribution is 2.18. The topological polar surface area (TPSA) is 37.3 Å². The molecule has 0 aromatic heterocycles. The van der Waals surface area contributed by atoms with Crippen molar-refractivity contribution >= 4 is 39.3 Å². The van der Waals surface area contributed by atoms with Gasteiger partial charge in [0.15, 0.2) is 0 Å². The van der Waals surface area contributed by atoms with E-state index >= 15 is 0 Å². The summed E-state index contributed by atoms with van der Waals surface area (Å²) in [6.45, 7) is 0. The number of carbonyl (C=O) groups is 1. The Labute approximate surface area is 94.7 Å². The van der Waals surface area contributed by atoms with Crippen molar-refractivity contribution in [2.75, 3.05) is 0 Å². The Kier molecular flexibility index (Phi) is 2.41. The number of carboxylic acids is 1. The first-order valence-electron chi connectivity index (χ1n) is 4.09. The van der Waals surface area contributed by atoms with Gasteiger partial charge in [0, 0.05) is 3.57 Å². The molecule has 0 aliphatic rings. The lowest BCUT2D eigenvalue weighted by molar-refractivity contribution is 0.0697. The van der Waals surface area contributed by atoms with Crippen LogP contribution in [0.4, 0.5) is 0 Å². The van der Waals surface area contributed by atoms with Crippen molar-refractivity contribution in [1.29, 1.82) is 0 Å². The van der Waals surface area contributed by atoms with Crippen LogP contribution in [-0.2, 0) is 0 Å². The molecule has 3 heteroatoms. The summed E-state index contributed by atoms with van der Waals surface area (Å²) >= 11 is 2.21. The molecule has 2 aromatic rings. The molecule has 70 valence electrons. The predicted molar refractivity (Wildman–Crippen MR) is 63.6 cm³/mol. The molecule has 0 amide bonds. The lowest BCUT2D eigenvalue weighted by Crippen LogP contribution is -1.95. The van der Waals surface area contributed by atoms with Crippen molar-refractivity contribution in [1.82, 2.24) is 0 Å². The van der Waals surface area contributed by atoms with E-state index in [4.69, 9.17) is 5.11 Å². The van der Waals surface area contributed by atoms with Gasteiger partial charge in [-0.15, -0.1) is 0 Å². The molecule has 0 atom stereocenters. The SMILES string of the molecule is O=C(O)c1ccc2ccc(I)cc2c1. The van der Waals surface area contributed by atoms with Crippen LogP contribution in [0.1, 0.15) is 10.4 Å². The zero-order chi connectivity index (χ0) is 10.1. The maximum absolute atomic E-state index is 10.7. The van der Waals surface area contributed by atoms with E-state index in [1.807, 2.05) is 24.3 Å². The van der Waals surface area contributed by atoms with Gasteiger partial charge in [0.25, 0.3) is 0 Å². The van der Waals surface area contributed by atoms with Gasteiger partial charge in [-0.25, -0.2) is 4.79 Å². The summed E-state index contributed by atoms with van der Waals surface area (Å²) in [7, 11) is 0. The molecule has 0 fully saturated rings. The summed E-state index contributed by atoms with van der Waals surface area (Å²) in [5.74, 6) is -0.884. The van der Waals surface area contributed by atoms with Gasteiger partial charge >= 0.3 is 5.97 Å². The average molecular weight is 298 g/mol. The summed E-state index contributed by atoms with van der Waals surface area (Å²) in [4.78, 5) is 10.7. The van der Waals surface area contributed by atoms with Crippen molar-refractivity contribution in [3.63, 3.8) is 0 Å². The minimum atomic E-state index is -0.884. The predicted octanol–water partition coefficient (Wildman–Crippen LogP) is 3.14. The first-order valence-corrected chi connectivity index (χ1v) is 5.17. The zero-order valence-electron chi connectivity index (χ0n) is 7.20. The van der Waals surface area contributed by atoms with Gasteiger partial charge in [-0.2, -0.15) is 0 Å². The summed E-state index contributed by atoms with van der Waals surface area (Å²) in [5, 5.41) is 10.8. The van der Waals surface area contributed by atoms with Crippen LogP contribution in [0, 0.1) is 3.57 Å². The van der Waals surface area contributed by atoms with Crippen LogP contribution in [0.5, 0.6) is 0 Å². The quantitative estimate of drug-likeness (QED) is 0.821. The largest absolute Gasteiger partial charge is 0.478 e. The number of hydrogen-bond acceptors (Lipinski definition) is 1. The van der Waals surface area contributed by atoms with E-state index in [2.05, 4.69) is 22.6 Å². The first kappa shape index (κ1) is 9.45. The number of hydrogen-bond donors (Lipinski definition) is 1. The molecule has 0 aliphatic heterocycles. The Bertz CT molecular complexity index is 506. The Morgan fingerprint density at radius 2 is 1.79 bits per heavy atom. The molecule has 0 spiro atoms. The second-order valence-corrected chi connectivity index (χ2v) is 4.26. The molecule has 0 saturated heterocycles. The fourth-order valence-corrected chi connectivity index (χ4v) is 1.87. The molecule has 0 saturated carbocycles. The van der Waals surface area contributed by atoms with Gasteiger partial charge in [-0.05, 0) is 57.6 Å². The van der Waals surface area contributed by atoms with Crippen LogP contribution in [-0.4, -0.2) is 11.1 Å². The number of halogens is 1. The summed E-state index contributed by atoms with van der Waals surface area (Å²) in [6, 6.07) is 11.1. The number of benzene rings is 2. The number of rotatable bonds is 1. The van der Waals surface area contributed by atoms with Gasteiger partial charge in [0.1, 0.15) is 0 Å². The van der Waals surface area contributed by atoms with Crippen LogP contribution in [0.25, 0.3) is 10.8 Å². The smallest absolute Gasteiger partial charge is 0.335 e. The molecule has 2 nitrogen and oxygen atoms in total. The lowest BCUT2D eigenvalue weighted by atomic mass is 10.1. The van der Waals surface area contributed by atoms with Crippen molar-refractivity contribution in [3.05, 3.63) is 45.5 Å². The third-order valence-electron chi connectivity index (χ3n) is 2.05. The molecule has 2 aromatic carbocycles. The van der Waals surface area contributed by atoms with Crippen LogP contribution in [0.15, 0.2) is 36.4 Å². The van der Waals surface area contributed by atoms with Crippen molar-refractivity contribution in [2.24, 2.45) is 0 Å². The monoisotopic (exact) mass is 298 g/mol. The van der Waals surface area contributed by atoms with Crippen LogP contribution >= 0.6 is 22.6 Å². The van der Waals surface area contributed by atoms with E-state index in [-0.39, 0.29) is 0 Å². The molecule has 1 N–H and O–H groups in total. The number of carboxylic acid groups (broad SMARTS) is 1. The molecule has 0 unspecified atom stereocenters. The van der Waals surface area contributed by atoms with E-state index in [1.54, 1.807) is 12.1 Å². The molecule has 2 rings (SSSR count). The standard InChI is InChI=1S/C11H7IO2/c12-10-4-3-7-1-2-8(11(13)14)5-9(7)6-10/h1-6H,(H,13,14). The van der Waals surface area contributed by atoms with Crippen molar-refractivity contribution in [3.8, 4) is 0 Å². The van der Waals surface area contributed by atoms with Gasteiger partial charge in [0.2, 0.25) is 0 Å². The molecule has 0 radical (unpaired) electrons. The van der Waals surface area contributed by atoms with Crippen LogP contribution in [0.2, 0.25) is 0 Å². The van der Waals surface area contributed by atoms with E-state index in [1.165, 1.54) is 0 Å². The van der Waals surface area contributed by atoms with Gasteiger partial charge < -0.3 is 5.11 Å². The second-order valence-electron chi connectivity index (χ2n) is 3.01. The Morgan fingerprint density at radius 3 is 2.50 bits per heavy atom. The maximum Gasteiger partial charge on any atom is 0.335 e. The van der Waals surface area contributed by atoms with Crippen molar-refractivity contribution < 1.29 is 9.90 Å². The van der Waals surface area contributed by atoms with Crippen LogP contribution < -0.4 is 0 Å². The molecule has 14 heavy (non-hydrogen) atoms. The lowest BCUT2D eigenvalue weighted by Gasteiger charge is -2.00. The maximum atomic E-state index is 10.7.